The fourth-order valence-corrected chi connectivity index (χ4v) is 3.63. The Balaban J connectivity index is 1.55. The van der Waals surface area contributed by atoms with E-state index in [1.54, 1.807) is 0 Å². The van der Waals surface area contributed by atoms with Crippen molar-refractivity contribution in [2.24, 2.45) is 11.8 Å². The van der Waals surface area contributed by atoms with Gasteiger partial charge in [0, 0.05) is 24.5 Å². The summed E-state index contributed by atoms with van der Waals surface area (Å²) in [4.78, 5) is 4.39. The molecule has 2 fully saturated rings. The Kier molecular flexibility index (Phi) is 4.34. The van der Waals surface area contributed by atoms with E-state index in [1.807, 2.05) is 18.3 Å². The number of hydrogen-bond acceptors (Lipinski definition) is 4. The summed E-state index contributed by atoms with van der Waals surface area (Å²) < 4.78 is 6.01. The van der Waals surface area contributed by atoms with Gasteiger partial charge in [-0.3, -0.25) is 16.3 Å². The molecule has 1 aromatic heterocycles. The molecule has 0 amide bonds. The summed E-state index contributed by atoms with van der Waals surface area (Å²) in [7, 11) is 0. The van der Waals surface area contributed by atoms with Gasteiger partial charge in [-0.2, -0.15) is 0 Å². The number of hydrogen-bond donors (Lipinski definition) is 2. The number of nitrogens with one attached hydrogen (secondary N) is 1. The zero-order chi connectivity index (χ0) is 13.8. The molecular formula is C16H25N3O. The molecule has 20 heavy (non-hydrogen) atoms. The minimum absolute atomic E-state index is 0.197. The molecule has 1 spiro atoms. The maximum atomic E-state index is 6.01. The first-order valence-corrected chi connectivity index (χ1v) is 7.81. The van der Waals surface area contributed by atoms with Crippen molar-refractivity contribution in [3.05, 3.63) is 30.1 Å². The molecule has 1 saturated heterocycles. The van der Waals surface area contributed by atoms with Crippen molar-refractivity contribution >= 4 is 0 Å². The predicted molar refractivity (Wildman–Crippen MR) is 78.9 cm³/mol. The second-order valence-electron chi connectivity index (χ2n) is 6.27. The Hall–Kier alpha value is -0.970. The normalized spacial score (nSPS) is 26.1. The van der Waals surface area contributed by atoms with Gasteiger partial charge in [-0.1, -0.05) is 6.07 Å². The summed E-state index contributed by atoms with van der Waals surface area (Å²) in [5.41, 5.74) is 4.39. The molecule has 0 radical (unpaired) electrons. The fourth-order valence-electron chi connectivity index (χ4n) is 3.63. The van der Waals surface area contributed by atoms with Crippen LogP contribution in [0.2, 0.25) is 0 Å². The standard InChI is InChI=1S/C16H25N3O/c17-19-15(6-5-14-4-1-2-10-18-14)13-7-11-20-16(12-13)8-3-9-16/h1-2,4,10,13,15,19H,3,5-9,11-12,17H2. The lowest BCUT2D eigenvalue weighted by atomic mass is 9.70. The highest BCUT2D eigenvalue weighted by Gasteiger charge is 2.44. The zero-order valence-corrected chi connectivity index (χ0v) is 12.1. The van der Waals surface area contributed by atoms with E-state index in [9.17, 15) is 0 Å². The van der Waals surface area contributed by atoms with Gasteiger partial charge in [0.15, 0.2) is 0 Å². The van der Waals surface area contributed by atoms with Gasteiger partial charge >= 0.3 is 0 Å². The number of rotatable bonds is 5. The van der Waals surface area contributed by atoms with Gasteiger partial charge in [-0.15, -0.1) is 0 Å². The summed E-state index contributed by atoms with van der Waals surface area (Å²) in [5.74, 6) is 6.44. The van der Waals surface area contributed by atoms with Crippen molar-refractivity contribution in [2.45, 2.75) is 56.6 Å². The van der Waals surface area contributed by atoms with Gasteiger partial charge < -0.3 is 4.74 Å². The molecule has 2 heterocycles. The third kappa shape index (κ3) is 3.03. The number of ether oxygens (including phenoxy) is 1. The molecule has 4 heteroatoms. The van der Waals surface area contributed by atoms with Crippen LogP contribution >= 0.6 is 0 Å². The summed E-state index contributed by atoms with van der Waals surface area (Å²) in [6, 6.07) is 6.47. The summed E-state index contributed by atoms with van der Waals surface area (Å²) in [5, 5.41) is 0. The SMILES string of the molecule is NNC(CCc1ccccn1)C1CCOC2(CCC2)C1. The lowest BCUT2D eigenvalue weighted by Gasteiger charge is -2.48. The molecule has 0 bridgehead atoms. The molecule has 2 atom stereocenters. The Morgan fingerprint density at radius 3 is 3.00 bits per heavy atom. The van der Waals surface area contributed by atoms with Crippen LogP contribution in [0.5, 0.6) is 0 Å². The van der Waals surface area contributed by atoms with Crippen molar-refractivity contribution in [2.75, 3.05) is 6.61 Å². The van der Waals surface area contributed by atoms with E-state index in [-0.39, 0.29) is 5.60 Å². The topological polar surface area (TPSA) is 60.2 Å². The molecule has 110 valence electrons. The van der Waals surface area contributed by atoms with Gasteiger partial charge in [0.25, 0.3) is 0 Å². The number of pyridine rings is 1. The van der Waals surface area contributed by atoms with Crippen molar-refractivity contribution in [3.63, 3.8) is 0 Å². The van der Waals surface area contributed by atoms with E-state index in [0.717, 1.165) is 31.6 Å². The van der Waals surface area contributed by atoms with Gasteiger partial charge in [0.1, 0.15) is 0 Å². The highest BCUT2D eigenvalue weighted by atomic mass is 16.5. The summed E-state index contributed by atoms with van der Waals surface area (Å²) in [6.07, 6.45) is 9.98. The highest BCUT2D eigenvalue weighted by Crippen LogP contribution is 2.45. The minimum Gasteiger partial charge on any atom is -0.375 e. The first kappa shape index (κ1) is 14.0. The molecule has 1 saturated carbocycles. The minimum atomic E-state index is 0.197. The average molecular weight is 275 g/mol. The van der Waals surface area contributed by atoms with Crippen LogP contribution in [0.4, 0.5) is 0 Å². The van der Waals surface area contributed by atoms with Gasteiger partial charge in [0.05, 0.1) is 5.60 Å². The van der Waals surface area contributed by atoms with Crippen LogP contribution in [0.1, 0.15) is 44.2 Å². The smallest absolute Gasteiger partial charge is 0.0685 e. The Morgan fingerprint density at radius 1 is 1.45 bits per heavy atom. The number of hydrazine groups is 1. The van der Waals surface area contributed by atoms with Crippen LogP contribution in [-0.2, 0) is 11.2 Å². The maximum absolute atomic E-state index is 6.01. The van der Waals surface area contributed by atoms with Crippen molar-refractivity contribution < 1.29 is 4.74 Å². The van der Waals surface area contributed by atoms with E-state index < -0.39 is 0 Å². The quantitative estimate of drug-likeness (QED) is 0.639. The Morgan fingerprint density at radius 2 is 2.35 bits per heavy atom. The number of nitrogens with two attached hydrogens (primary N) is 1. The Bertz CT molecular complexity index is 419. The van der Waals surface area contributed by atoms with Crippen LogP contribution < -0.4 is 11.3 Å². The van der Waals surface area contributed by atoms with Crippen LogP contribution in [-0.4, -0.2) is 23.2 Å². The van der Waals surface area contributed by atoms with Crippen LogP contribution in [0.25, 0.3) is 0 Å². The first-order chi connectivity index (χ1) is 9.81. The van der Waals surface area contributed by atoms with E-state index in [0.29, 0.717) is 12.0 Å². The average Bonchev–Trinajstić information content (AvgIpc) is 2.48. The number of nitrogens with zero attached hydrogens (tertiary/aromatic N) is 1. The summed E-state index contributed by atoms with van der Waals surface area (Å²) >= 11 is 0. The molecule has 4 nitrogen and oxygen atoms in total. The monoisotopic (exact) mass is 275 g/mol. The van der Waals surface area contributed by atoms with Crippen LogP contribution in [0, 0.1) is 5.92 Å². The van der Waals surface area contributed by atoms with Crippen LogP contribution in [0.3, 0.4) is 0 Å². The molecule has 1 aromatic rings. The van der Waals surface area contributed by atoms with Crippen LogP contribution in [0.15, 0.2) is 24.4 Å². The number of aromatic nitrogens is 1. The van der Waals surface area contributed by atoms with Gasteiger partial charge in [0.2, 0.25) is 0 Å². The lowest BCUT2D eigenvalue weighted by molar-refractivity contribution is -0.147. The largest absolute Gasteiger partial charge is 0.375 e. The molecule has 2 unspecified atom stereocenters. The maximum Gasteiger partial charge on any atom is 0.0685 e. The van der Waals surface area contributed by atoms with E-state index in [4.69, 9.17) is 10.6 Å². The number of aryl methyl sites for hydroxylation is 1. The second kappa shape index (κ2) is 6.20. The molecule has 3 N–H and O–H groups in total. The van der Waals surface area contributed by atoms with Gasteiger partial charge in [-0.05, 0) is 63.0 Å². The first-order valence-electron chi connectivity index (χ1n) is 7.81. The van der Waals surface area contributed by atoms with E-state index in [1.165, 1.54) is 25.7 Å². The molecule has 0 aromatic carbocycles. The lowest BCUT2D eigenvalue weighted by Crippen LogP contribution is -2.51. The molecule has 2 aliphatic rings. The van der Waals surface area contributed by atoms with Crippen molar-refractivity contribution in [1.82, 2.24) is 10.4 Å². The van der Waals surface area contributed by atoms with Crippen molar-refractivity contribution in [1.29, 1.82) is 0 Å². The van der Waals surface area contributed by atoms with E-state index >= 15 is 0 Å². The van der Waals surface area contributed by atoms with Gasteiger partial charge in [-0.25, -0.2) is 0 Å². The Labute approximate surface area is 121 Å². The van der Waals surface area contributed by atoms with Crippen molar-refractivity contribution in [3.8, 4) is 0 Å². The fraction of sp³-hybridized carbons (Fsp3) is 0.688. The predicted octanol–water partition coefficient (Wildman–Crippen LogP) is 2.20. The molecule has 1 aliphatic carbocycles. The second-order valence-corrected chi connectivity index (χ2v) is 6.27. The third-order valence-electron chi connectivity index (χ3n) is 5.02. The highest BCUT2D eigenvalue weighted by molar-refractivity contribution is 5.04. The zero-order valence-electron chi connectivity index (χ0n) is 12.1. The summed E-state index contributed by atoms with van der Waals surface area (Å²) in [6.45, 7) is 0.895. The molecular weight excluding hydrogens is 250 g/mol. The molecule has 1 aliphatic heterocycles. The molecule has 3 rings (SSSR count). The third-order valence-corrected chi connectivity index (χ3v) is 5.02. The van der Waals surface area contributed by atoms with E-state index in [2.05, 4.69) is 16.5 Å².